The number of halogens is 6. The third kappa shape index (κ3) is 5.46. The number of benzene rings is 3. The lowest BCUT2D eigenvalue weighted by molar-refractivity contribution is -0.143. The maximum Gasteiger partial charge on any atom is 0.416 e. The van der Waals surface area contributed by atoms with Crippen LogP contribution < -0.4 is 10.3 Å². The summed E-state index contributed by atoms with van der Waals surface area (Å²) < 4.78 is 113. The SMILES string of the molecule is COc1cccc(-c2c(C(=O)N(C)Cc3cc(C(F)(F)F)cc(C(F)(F)F)c3)c(=O)n3c4c(cccc24)S(=O)(=O)CC3)c1. The summed E-state index contributed by atoms with van der Waals surface area (Å²) in [6.07, 6.45) is -10.2. The van der Waals surface area contributed by atoms with Crippen LogP contribution in [0, 0.1) is 0 Å². The molecule has 0 bridgehead atoms. The minimum absolute atomic E-state index is 0.0155. The first-order valence-electron chi connectivity index (χ1n) is 12.6. The third-order valence-electron chi connectivity index (χ3n) is 7.15. The molecule has 226 valence electrons. The first-order chi connectivity index (χ1) is 20.0. The standard InChI is InChI=1S/C29H22F6N2O5S/c1-36(15-16-11-18(28(30,31)32)14-19(12-16)29(33,34)35)26(38)24-23(17-5-3-6-20(13-17)42-2)21-7-4-8-22-25(21)37(27(24)39)9-10-43(22,40)41/h3-8,11-14H,9-10,15H2,1-2H3. The first-order valence-corrected chi connectivity index (χ1v) is 14.3. The van der Waals surface area contributed by atoms with Crippen molar-refractivity contribution in [3.05, 3.63) is 93.3 Å². The minimum atomic E-state index is -5.09. The van der Waals surface area contributed by atoms with E-state index in [0.29, 0.717) is 23.4 Å². The van der Waals surface area contributed by atoms with Crippen molar-refractivity contribution in [2.45, 2.75) is 30.3 Å². The summed E-state index contributed by atoms with van der Waals surface area (Å²) in [5.41, 5.74) is -4.39. The molecule has 2 heterocycles. The van der Waals surface area contributed by atoms with Crippen LogP contribution >= 0.6 is 0 Å². The smallest absolute Gasteiger partial charge is 0.416 e. The lowest BCUT2D eigenvalue weighted by Gasteiger charge is -2.25. The Morgan fingerprint density at radius 2 is 1.58 bits per heavy atom. The van der Waals surface area contributed by atoms with E-state index >= 15 is 0 Å². The monoisotopic (exact) mass is 624 g/mol. The average Bonchev–Trinajstić information content (AvgIpc) is 2.94. The van der Waals surface area contributed by atoms with Gasteiger partial charge in [-0.1, -0.05) is 24.3 Å². The van der Waals surface area contributed by atoms with Gasteiger partial charge in [-0.3, -0.25) is 9.59 Å². The van der Waals surface area contributed by atoms with Gasteiger partial charge in [-0.25, -0.2) is 8.42 Å². The number of para-hydroxylation sites is 1. The van der Waals surface area contributed by atoms with E-state index in [-0.39, 0.29) is 34.0 Å². The topological polar surface area (TPSA) is 85.7 Å². The summed E-state index contributed by atoms with van der Waals surface area (Å²) >= 11 is 0. The van der Waals surface area contributed by atoms with Gasteiger partial charge in [0.25, 0.3) is 11.5 Å². The van der Waals surface area contributed by atoms with E-state index in [1.54, 1.807) is 18.2 Å². The zero-order valence-electron chi connectivity index (χ0n) is 22.5. The molecule has 4 aromatic rings. The third-order valence-corrected chi connectivity index (χ3v) is 8.87. The largest absolute Gasteiger partial charge is 0.497 e. The number of methoxy groups -OCH3 is 1. The molecule has 5 rings (SSSR count). The van der Waals surface area contributed by atoms with Crippen LogP contribution in [0.3, 0.4) is 0 Å². The number of rotatable bonds is 5. The van der Waals surface area contributed by atoms with E-state index in [2.05, 4.69) is 0 Å². The number of alkyl halides is 6. The van der Waals surface area contributed by atoms with Gasteiger partial charge in [0.05, 0.1) is 34.4 Å². The Kier molecular flexibility index (Phi) is 7.31. The Morgan fingerprint density at radius 1 is 0.953 bits per heavy atom. The predicted octanol–water partition coefficient (Wildman–Crippen LogP) is 5.77. The van der Waals surface area contributed by atoms with Crippen LogP contribution in [0.15, 0.2) is 70.4 Å². The van der Waals surface area contributed by atoms with Crippen LogP contribution in [0.25, 0.3) is 22.0 Å². The van der Waals surface area contributed by atoms with Gasteiger partial charge in [-0.2, -0.15) is 26.3 Å². The second-order valence-electron chi connectivity index (χ2n) is 9.99. The fraction of sp³-hybridized carbons (Fsp3) is 0.241. The summed E-state index contributed by atoms with van der Waals surface area (Å²) in [6, 6.07) is 11.6. The Morgan fingerprint density at radius 3 is 2.19 bits per heavy atom. The molecule has 3 aromatic carbocycles. The molecule has 0 spiro atoms. The van der Waals surface area contributed by atoms with E-state index in [4.69, 9.17) is 4.74 Å². The molecule has 7 nitrogen and oxygen atoms in total. The van der Waals surface area contributed by atoms with Gasteiger partial charge in [0.1, 0.15) is 11.3 Å². The van der Waals surface area contributed by atoms with Gasteiger partial charge < -0.3 is 14.2 Å². The van der Waals surface area contributed by atoms with Crippen molar-refractivity contribution in [3.63, 3.8) is 0 Å². The fourth-order valence-electron chi connectivity index (χ4n) is 5.19. The first kappa shape index (κ1) is 30.1. The molecule has 1 aromatic heterocycles. The van der Waals surface area contributed by atoms with E-state index in [1.165, 1.54) is 31.4 Å². The Balaban J connectivity index is 1.72. The number of aromatic nitrogens is 1. The number of hydrogen-bond acceptors (Lipinski definition) is 5. The summed E-state index contributed by atoms with van der Waals surface area (Å²) in [6.45, 7) is -0.963. The minimum Gasteiger partial charge on any atom is -0.497 e. The molecule has 0 aliphatic carbocycles. The molecular weight excluding hydrogens is 602 g/mol. The molecule has 0 saturated heterocycles. The van der Waals surface area contributed by atoms with Gasteiger partial charge in [0.15, 0.2) is 9.84 Å². The van der Waals surface area contributed by atoms with Gasteiger partial charge in [-0.05, 0) is 47.5 Å². The second kappa shape index (κ2) is 10.4. The summed E-state index contributed by atoms with van der Waals surface area (Å²) in [4.78, 5) is 28.6. The van der Waals surface area contributed by atoms with Crippen molar-refractivity contribution in [2.75, 3.05) is 19.9 Å². The van der Waals surface area contributed by atoms with Crippen molar-refractivity contribution in [3.8, 4) is 16.9 Å². The molecule has 43 heavy (non-hydrogen) atoms. The normalized spacial score (nSPS) is 14.5. The number of nitrogens with zero attached hydrogens (tertiary/aromatic N) is 2. The number of aryl methyl sites for hydroxylation is 1. The van der Waals surface area contributed by atoms with Crippen molar-refractivity contribution >= 4 is 26.6 Å². The van der Waals surface area contributed by atoms with Gasteiger partial charge in [0.2, 0.25) is 0 Å². The Labute approximate surface area is 240 Å². The van der Waals surface area contributed by atoms with Crippen molar-refractivity contribution in [1.82, 2.24) is 9.47 Å². The quantitative estimate of drug-likeness (QED) is 0.263. The van der Waals surface area contributed by atoms with Crippen LogP contribution in [0.2, 0.25) is 0 Å². The number of ether oxygens (including phenoxy) is 1. The highest BCUT2D eigenvalue weighted by Gasteiger charge is 2.37. The summed E-state index contributed by atoms with van der Waals surface area (Å²) in [5, 5.41) is 0.240. The lowest BCUT2D eigenvalue weighted by atomic mass is 9.94. The molecule has 14 heteroatoms. The van der Waals surface area contributed by atoms with Gasteiger partial charge >= 0.3 is 12.4 Å². The summed E-state index contributed by atoms with van der Waals surface area (Å²) in [7, 11) is -1.23. The number of carbonyl (C=O) groups excluding carboxylic acids is 1. The van der Waals surface area contributed by atoms with Crippen LogP contribution in [-0.2, 0) is 35.3 Å². The number of sulfone groups is 1. The van der Waals surface area contributed by atoms with Crippen LogP contribution in [-0.4, -0.2) is 43.7 Å². The van der Waals surface area contributed by atoms with E-state index in [0.717, 1.165) is 16.5 Å². The lowest BCUT2D eigenvalue weighted by Crippen LogP contribution is -2.38. The summed E-state index contributed by atoms with van der Waals surface area (Å²) in [5.74, 6) is -1.05. The molecular formula is C29H22F6N2O5S. The van der Waals surface area contributed by atoms with Crippen LogP contribution in [0.5, 0.6) is 5.75 Å². The molecule has 1 amide bonds. The van der Waals surface area contributed by atoms with Crippen LogP contribution in [0.1, 0.15) is 27.0 Å². The fourth-order valence-corrected chi connectivity index (χ4v) is 6.63. The maximum atomic E-state index is 13.9. The molecule has 0 radical (unpaired) electrons. The molecule has 0 N–H and O–H groups in total. The Hall–Kier alpha value is -4.33. The number of hydrogen-bond donors (Lipinski definition) is 0. The molecule has 1 aliphatic rings. The molecule has 0 atom stereocenters. The number of pyridine rings is 1. The van der Waals surface area contributed by atoms with Gasteiger partial charge in [-0.15, -0.1) is 0 Å². The van der Waals surface area contributed by atoms with Gasteiger partial charge in [0, 0.05) is 31.1 Å². The van der Waals surface area contributed by atoms with E-state index in [1.807, 2.05) is 0 Å². The maximum absolute atomic E-state index is 13.9. The highest BCUT2D eigenvalue weighted by atomic mass is 32.2. The number of carbonyl (C=O) groups is 1. The highest BCUT2D eigenvalue weighted by molar-refractivity contribution is 7.91. The van der Waals surface area contributed by atoms with Crippen molar-refractivity contribution in [1.29, 1.82) is 0 Å². The van der Waals surface area contributed by atoms with Crippen molar-refractivity contribution < 1.29 is 44.3 Å². The predicted molar refractivity (Wildman–Crippen MR) is 144 cm³/mol. The van der Waals surface area contributed by atoms with E-state index < -0.39 is 68.2 Å². The van der Waals surface area contributed by atoms with E-state index in [9.17, 15) is 44.3 Å². The second-order valence-corrected chi connectivity index (χ2v) is 12.1. The zero-order chi connectivity index (χ0) is 31.5. The average molecular weight is 625 g/mol. The van der Waals surface area contributed by atoms with Crippen molar-refractivity contribution in [2.24, 2.45) is 0 Å². The number of amides is 1. The highest BCUT2D eigenvalue weighted by Crippen LogP contribution is 2.39. The molecule has 1 aliphatic heterocycles. The molecule has 0 saturated carbocycles. The molecule has 0 fully saturated rings. The zero-order valence-corrected chi connectivity index (χ0v) is 23.3. The van der Waals surface area contributed by atoms with Crippen LogP contribution in [0.4, 0.5) is 26.3 Å². The Bertz CT molecular complexity index is 1920. The molecule has 0 unspecified atom stereocenters.